The standard InChI is InChI=1S/C5H9FO4/c6-3-9-1-5(8)2-10-4-7/h4-5,8H,1-3H2. The summed E-state index contributed by atoms with van der Waals surface area (Å²) in [6.45, 7) is -1.06. The number of ether oxygens (including phenoxy) is 2. The number of rotatable bonds is 6. The maximum Gasteiger partial charge on any atom is 0.293 e. The van der Waals surface area contributed by atoms with Crippen LogP contribution in [0.3, 0.4) is 0 Å². The van der Waals surface area contributed by atoms with E-state index in [4.69, 9.17) is 5.11 Å². The summed E-state index contributed by atoms with van der Waals surface area (Å²) < 4.78 is 19.6. The molecule has 0 amide bonds. The van der Waals surface area contributed by atoms with Crippen LogP contribution >= 0.6 is 0 Å². The zero-order valence-corrected chi connectivity index (χ0v) is 5.33. The minimum absolute atomic E-state index is 0.162. The van der Waals surface area contributed by atoms with Crippen molar-refractivity contribution >= 4 is 6.47 Å². The third-order valence-corrected chi connectivity index (χ3v) is 0.744. The maximum absolute atomic E-state index is 11.2. The van der Waals surface area contributed by atoms with Crippen molar-refractivity contribution in [2.45, 2.75) is 6.10 Å². The van der Waals surface area contributed by atoms with Crippen LogP contribution in [0.25, 0.3) is 0 Å². The Bertz CT molecular complexity index is 87.7. The van der Waals surface area contributed by atoms with Gasteiger partial charge in [0.2, 0.25) is 0 Å². The summed E-state index contributed by atoms with van der Waals surface area (Å²) in [6, 6.07) is 0. The summed E-state index contributed by atoms with van der Waals surface area (Å²) in [5, 5.41) is 8.74. The molecule has 0 aliphatic carbocycles. The molecular weight excluding hydrogens is 143 g/mol. The molecule has 0 saturated carbocycles. The molecule has 0 aromatic heterocycles. The van der Waals surface area contributed by atoms with Gasteiger partial charge in [0.15, 0.2) is 6.86 Å². The first-order chi connectivity index (χ1) is 4.81. The van der Waals surface area contributed by atoms with E-state index in [0.29, 0.717) is 0 Å². The smallest absolute Gasteiger partial charge is 0.293 e. The average Bonchev–Trinajstić information content (AvgIpc) is 1.97. The minimum atomic E-state index is -0.946. The first kappa shape index (κ1) is 9.32. The molecule has 5 heteroatoms. The number of hydrogen-bond donors (Lipinski definition) is 1. The molecule has 1 unspecified atom stereocenters. The van der Waals surface area contributed by atoms with Crippen molar-refractivity contribution < 1.29 is 23.8 Å². The van der Waals surface area contributed by atoms with Crippen molar-refractivity contribution in [2.24, 2.45) is 0 Å². The molecule has 0 aliphatic heterocycles. The van der Waals surface area contributed by atoms with Crippen LogP contribution in [0.15, 0.2) is 0 Å². The Morgan fingerprint density at radius 3 is 2.80 bits per heavy atom. The van der Waals surface area contributed by atoms with Gasteiger partial charge in [0.05, 0.1) is 6.61 Å². The largest absolute Gasteiger partial charge is 0.465 e. The first-order valence-electron chi connectivity index (χ1n) is 2.68. The van der Waals surface area contributed by atoms with Crippen LogP contribution in [0, 0.1) is 0 Å². The van der Waals surface area contributed by atoms with E-state index in [1.807, 2.05) is 0 Å². The van der Waals surface area contributed by atoms with Crippen molar-refractivity contribution in [1.29, 1.82) is 0 Å². The molecule has 0 aliphatic rings. The number of hydrogen-bond acceptors (Lipinski definition) is 4. The number of halogens is 1. The topological polar surface area (TPSA) is 55.8 Å². The van der Waals surface area contributed by atoms with Crippen LogP contribution in [0.2, 0.25) is 0 Å². The second kappa shape index (κ2) is 6.44. The van der Waals surface area contributed by atoms with Crippen molar-refractivity contribution in [1.82, 2.24) is 0 Å². The van der Waals surface area contributed by atoms with Crippen LogP contribution in [-0.4, -0.2) is 37.8 Å². The van der Waals surface area contributed by atoms with Gasteiger partial charge in [-0.25, -0.2) is 4.39 Å². The van der Waals surface area contributed by atoms with Crippen molar-refractivity contribution in [3.8, 4) is 0 Å². The Morgan fingerprint density at radius 2 is 2.30 bits per heavy atom. The lowest BCUT2D eigenvalue weighted by atomic mass is 10.4. The molecule has 0 aromatic carbocycles. The first-order valence-corrected chi connectivity index (χ1v) is 2.68. The third-order valence-electron chi connectivity index (χ3n) is 0.744. The fourth-order valence-electron chi connectivity index (χ4n) is 0.379. The Morgan fingerprint density at radius 1 is 1.60 bits per heavy atom. The van der Waals surface area contributed by atoms with Crippen LogP contribution < -0.4 is 0 Å². The van der Waals surface area contributed by atoms with Crippen LogP contribution in [0.4, 0.5) is 4.39 Å². The Hall–Kier alpha value is -0.680. The molecule has 0 radical (unpaired) electrons. The number of alkyl halides is 1. The van der Waals surface area contributed by atoms with Gasteiger partial charge in [-0.3, -0.25) is 4.79 Å². The zero-order valence-electron chi connectivity index (χ0n) is 5.33. The number of aliphatic hydroxyl groups excluding tert-OH is 1. The zero-order chi connectivity index (χ0) is 7.82. The molecule has 10 heavy (non-hydrogen) atoms. The predicted molar refractivity (Wildman–Crippen MR) is 29.9 cm³/mol. The Balaban J connectivity index is 3.07. The summed E-state index contributed by atoms with van der Waals surface area (Å²) in [4.78, 5) is 9.53. The van der Waals surface area contributed by atoms with Crippen LogP contribution in [0.5, 0.6) is 0 Å². The van der Waals surface area contributed by atoms with Gasteiger partial charge in [0.25, 0.3) is 6.47 Å². The lowest BCUT2D eigenvalue weighted by Crippen LogP contribution is -2.21. The van der Waals surface area contributed by atoms with E-state index in [2.05, 4.69) is 9.47 Å². The van der Waals surface area contributed by atoms with E-state index in [1.54, 1.807) is 0 Å². The molecule has 0 bridgehead atoms. The van der Waals surface area contributed by atoms with E-state index in [-0.39, 0.29) is 19.7 Å². The molecule has 1 atom stereocenters. The third kappa shape index (κ3) is 5.46. The summed E-state index contributed by atoms with van der Waals surface area (Å²) in [5.41, 5.74) is 0. The van der Waals surface area contributed by atoms with Gasteiger partial charge in [-0.05, 0) is 0 Å². The Kier molecular flexibility index (Phi) is 6.00. The molecule has 60 valence electrons. The lowest BCUT2D eigenvalue weighted by Gasteiger charge is -2.06. The van der Waals surface area contributed by atoms with Gasteiger partial charge in [0.1, 0.15) is 12.7 Å². The van der Waals surface area contributed by atoms with E-state index < -0.39 is 13.0 Å². The van der Waals surface area contributed by atoms with E-state index in [0.717, 1.165) is 0 Å². The van der Waals surface area contributed by atoms with E-state index in [9.17, 15) is 9.18 Å². The second-order valence-electron chi connectivity index (χ2n) is 1.56. The minimum Gasteiger partial charge on any atom is -0.465 e. The second-order valence-corrected chi connectivity index (χ2v) is 1.56. The summed E-state index contributed by atoms with van der Waals surface area (Å²) in [5.74, 6) is 0. The fraction of sp³-hybridized carbons (Fsp3) is 0.800. The normalized spacial score (nSPS) is 12.6. The van der Waals surface area contributed by atoms with Gasteiger partial charge in [-0.15, -0.1) is 0 Å². The van der Waals surface area contributed by atoms with E-state index in [1.165, 1.54) is 0 Å². The molecule has 4 nitrogen and oxygen atoms in total. The van der Waals surface area contributed by atoms with Gasteiger partial charge in [-0.2, -0.15) is 0 Å². The van der Waals surface area contributed by atoms with Crippen molar-refractivity contribution in [2.75, 3.05) is 20.1 Å². The summed E-state index contributed by atoms with van der Waals surface area (Å²) >= 11 is 0. The number of carbonyl (C=O) groups is 1. The highest BCUT2D eigenvalue weighted by atomic mass is 19.1. The van der Waals surface area contributed by atoms with Crippen molar-refractivity contribution in [3.05, 3.63) is 0 Å². The van der Waals surface area contributed by atoms with Gasteiger partial charge < -0.3 is 14.6 Å². The highest BCUT2D eigenvalue weighted by Crippen LogP contribution is 1.85. The highest BCUT2D eigenvalue weighted by molar-refractivity contribution is 5.36. The molecular formula is C5H9FO4. The summed E-state index contributed by atoms with van der Waals surface area (Å²) in [6.07, 6.45) is -0.944. The molecule has 0 aromatic rings. The SMILES string of the molecule is O=COCC(O)COCF. The molecule has 1 N–H and O–H groups in total. The van der Waals surface area contributed by atoms with Gasteiger partial charge >= 0.3 is 0 Å². The van der Waals surface area contributed by atoms with Gasteiger partial charge in [-0.1, -0.05) is 0 Å². The Labute approximate surface area is 57.5 Å². The number of aliphatic hydroxyl groups is 1. The van der Waals surface area contributed by atoms with Crippen LogP contribution in [-0.2, 0) is 14.3 Å². The van der Waals surface area contributed by atoms with E-state index >= 15 is 0 Å². The predicted octanol–water partition coefficient (Wildman–Crippen LogP) is -0.536. The van der Waals surface area contributed by atoms with Crippen molar-refractivity contribution in [3.63, 3.8) is 0 Å². The number of carbonyl (C=O) groups excluding carboxylic acids is 1. The lowest BCUT2D eigenvalue weighted by molar-refractivity contribution is -0.133. The molecule has 0 heterocycles. The van der Waals surface area contributed by atoms with Gasteiger partial charge in [0, 0.05) is 0 Å². The molecule has 0 spiro atoms. The van der Waals surface area contributed by atoms with Crippen LogP contribution in [0.1, 0.15) is 0 Å². The highest BCUT2D eigenvalue weighted by Gasteiger charge is 2.02. The molecule has 0 saturated heterocycles. The summed E-state index contributed by atoms with van der Waals surface area (Å²) in [7, 11) is 0. The quantitative estimate of drug-likeness (QED) is 0.519. The maximum atomic E-state index is 11.2. The molecule has 0 fully saturated rings. The monoisotopic (exact) mass is 152 g/mol. The average molecular weight is 152 g/mol. The fourth-order valence-corrected chi connectivity index (χ4v) is 0.379. The molecule has 0 rings (SSSR count).